The van der Waals surface area contributed by atoms with E-state index in [1.54, 1.807) is 0 Å². The van der Waals surface area contributed by atoms with Gasteiger partial charge in [0.15, 0.2) is 0 Å². The van der Waals surface area contributed by atoms with Crippen LogP contribution in [0.15, 0.2) is 36.5 Å². The Balaban J connectivity index is 1.66. The monoisotopic (exact) mass is 320 g/mol. The molecule has 0 aliphatic heterocycles. The fourth-order valence-corrected chi connectivity index (χ4v) is 3.87. The minimum absolute atomic E-state index is 0.995. The molecule has 3 rings (SSSR count). The second-order valence-corrected chi connectivity index (χ2v) is 7.08. The minimum atomic E-state index is 0.995. The van der Waals surface area contributed by atoms with Crippen LogP contribution in [-0.2, 0) is 6.54 Å². The number of fused-ring (bicyclic) bond motifs is 1. The summed E-state index contributed by atoms with van der Waals surface area (Å²) in [6.45, 7) is 13.0. The highest BCUT2D eigenvalue weighted by molar-refractivity contribution is 5.84. The highest BCUT2D eigenvalue weighted by Crippen LogP contribution is 2.23. The van der Waals surface area contributed by atoms with Gasteiger partial charge in [0.25, 0.3) is 0 Å². The maximum atomic E-state index is 3.63. The number of hydrogen-bond acceptors (Lipinski definition) is 1. The fraction of sp³-hybridized carbons (Fsp3) is 0.364. The molecule has 0 unspecified atom stereocenters. The largest absolute Gasteiger partial charge is 0.385 e. The molecule has 1 heterocycles. The van der Waals surface area contributed by atoms with Gasteiger partial charge in [-0.2, -0.15) is 0 Å². The molecule has 2 aromatic carbocycles. The Hall–Kier alpha value is -2.22. The van der Waals surface area contributed by atoms with Crippen molar-refractivity contribution in [2.75, 3.05) is 11.9 Å². The molecule has 0 atom stereocenters. The van der Waals surface area contributed by atoms with E-state index in [0.29, 0.717) is 0 Å². The van der Waals surface area contributed by atoms with Crippen LogP contribution in [-0.4, -0.2) is 11.1 Å². The first-order chi connectivity index (χ1) is 11.5. The fourth-order valence-electron chi connectivity index (χ4n) is 3.87. The number of nitrogens with zero attached hydrogens (tertiary/aromatic N) is 1. The summed E-state index contributed by atoms with van der Waals surface area (Å²) < 4.78 is 2.39. The van der Waals surface area contributed by atoms with Crippen molar-refractivity contribution in [3.8, 4) is 0 Å². The average molecular weight is 320 g/mol. The van der Waals surface area contributed by atoms with Crippen LogP contribution in [0.4, 0.5) is 5.69 Å². The van der Waals surface area contributed by atoms with Gasteiger partial charge < -0.3 is 9.88 Å². The van der Waals surface area contributed by atoms with Gasteiger partial charge in [-0.05, 0) is 69.9 Å². The average Bonchev–Trinajstić information content (AvgIpc) is 2.88. The molecular weight excluding hydrogens is 292 g/mol. The van der Waals surface area contributed by atoms with Crippen molar-refractivity contribution in [3.05, 3.63) is 64.3 Å². The highest BCUT2D eigenvalue weighted by atomic mass is 15.0. The van der Waals surface area contributed by atoms with Crippen molar-refractivity contribution in [3.63, 3.8) is 0 Å². The van der Waals surface area contributed by atoms with Crippen molar-refractivity contribution in [1.29, 1.82) is 0 Å². The van der Waals surface area contributed by atoms with Gasteiger partial charge in [0.2, 0.25) is 0 Å². The topological polar surface area (TPSA) is 17.0 Å². The van der Waals surface area contributed by atoms with Crippen molar-refractivity contribution >= 4 is 16.6 Å². The van der Waals surface area contributed by atoms with E-state index in [1.807, 2.05) is 0 Å². The zero-order valence-electron chi connectivity index (χ0n) is 15.5. The molecule has 0 amide bonds. The van der Waals surface area contributed by atoms with E-state index in [9.17, 15) is 0 Å². The zero-order valence-corrected chi connectivity index (χ0v) is 15.5. The second kappa shape index (κ2) is 6.72. The van der Waals surface area contributed by atoms with E-state index in [1.165, 1.54) is 44.4 Å². The molecule has 126 valence electrons. The number of rotatable bonds is 5. The molecule has 3 aromatic rings. The van der Waals surface area contributed by atoms with Crippen molar-refractivity contribution in [2.45, 2.75) is 47.6 Å². The van der Waals surface area contributed by atoms with E-state index in [0.717, 1.165) is 19.5 Å². The summed E-state index contributed by atoms with van der Waals surface area (Å²) in [7, 11) is 0. The minimum Gasteiger partial charge on any atom is -0.385 e. The predicted octanol–water partition coefficient (Wildman–Crippen LogP) is 5.69. The van der Waals surface area contributed by atoms with E-state index in [2.05, 4.69) is 81.0 Å². The molecule has 0 aliphatic rings. The summed E-state index contributed by atoms with van der Waals surface area (Å²) in [5, 5.41) is 4.98. The SMILES string of the molecule is Cc1cc(C)c(NCCCn2ccc3cc(C)cc(C)c32)c(C)c1. The number of hydrogen-bond donors (Lipinski definition) is 1. The van der Waals surface area contributed by atoms with E-state index in [-0.39, 0.29) is 0 Å². The lowest BCUT2D eigenvalue weighted by Crippen LogP contribution is -2.08. The second-order valence-electron chi connectivity index (χ2n) is 7.08. The van der Waals surface area contributed by atoms with Crippen LogP contribution in [0.1, 0.15) is 34.2 Å². The van der Waals surface area contributed by atoms with Gasteiger partial charge in [-0.15, -0.1) is 0 Å². The number of nitrogens with one attached hydrogen (secondary N) is 1. The summed E-state index contributed by atoms with van der Waals surface area (Å²) in [5.41, 5.74) is 9.39. The lowest BCUT2D eigenvalue weighted by atomic mass is 10.1. The third kappa shape index (κ3) is 3.33. The molecule has 0 fully saturated rings. The maximum absolute atomic E-state index is 3.63. The molecule has 0 aliphatic carbocycles. The van der Waals surface area contributed by atoms with Crippen LogP contribution in [0.25, 0.3) is 10.9 Å². The van der Waals surface area contributed by atoms with Crippen LogP contribution in [0.5, 0.6) is 0 Å². The van der Waals surface area contributed by atoms with Crippen LogP contribution in [0.2, 0.25) is 0 Å². The number of aryl methyl sites for hydroxylation is 6. The molecule has 1 aromatic heterocycles. The lowest BCUT2D eigenvalue weighted by Gasteiger charge is -2.14. The van der Waals surface area contributed by atoms with Gasteiger partial charge in [-0.3, -0.25) is 0 Å². The zero-order chi connectivity index (χ0) is 17.3. The number of anilines is 1. The molecule has 0 bridgehead atoms. The summed E-state index contributed by atoms with van der Waals surface area (Å²) in [5.74, 6) is 0. The molecular formula is C22H28N2. The Morgan fingerprint density at radius 3 is 2.17 bits per heavy atom. The maximum Gasteiger partial charge on any atom is 0.0510 e. The molecule has 1 N–H and O–H groups in total. The third-order valence-corrected chi connectivity index (χ3v) is 4.75. The molecule has 0 spiro atoms. The summed E-state index contributed by atoms with van der Waals surface area (Å²) in [6.07, 6.45) is 3.34. The van der Waals surface area contributed by atoms with Gasteiger partial charge in [0.05, 0.1) is 5.52 Å². The van der Waals surface area contributed by atoms with Crippen molar-refractivity contribution < 1.29 is 0 Å². The first-order valence-electron chi connectivity index (χ1n) is 8.83. The van der Waals surface area contributed by atoms with Gasteiger partial charge in [-0.1, -0.05) is 29.3 Å². The Labute approximate surface area is 145 Å². The Morgan fingerprint density at radius 2 is 1.46 bits per heavy atom. The van der Waals surface area contributed by atoms with Crippen LogP contribution in [0, 0.1) is 34.6 Å². The van der Waals surface area contributed by atoms with Crippen LogP contribution >= 0.6 is 0 Å². The van der Waals surface area contributed by atoms with Gasteiger partial charge >= 0.3 is 0 Å². The third-order valence-electron chi connectivity index (χ3n) is 4.75. The first kappa shape index (κ1) is 16.6. The van der Waals surface area contributed by atoms with Gasteiger partial charge in [0.1, 0.15) is 0 Å². The number of benzene rings is 2. The van der Waals surface area contributed by atoms with Crippen LogP contribution in [0.3, 0.4) is 0 Å². The molecule has 2 nitrogen and oxygen atoms in total. The summed E-state index contributed by atoms with van der Waals surface area (Å²) >= 11 is 0. The molecule has 0 saturated heterocycles. The predicted molar refractivity (Wildman–Crippen MR) is 105 cm³/mol. The molecule has 2 heteroatoms. The quantitative estimate of drug-likeness (QED) is 0.598. The number of aromatic nitrogens is 1. The Bertz CT molecular complexity index is 848. The van der Waals surface area contributed by atoms with Gasteiger partial charge in [-0.25, -0.2) is 0 Å². The summed E-state index contributed by atoms with van der Waals surface area (Å²) in [6, 6.07) is 11.3. The Kier molecular flexibility index (Phi) is 4.66. The first-order valence-corrected chi connectivity index (χ1v) is 8.83. The highest BCUT2D eigenvalue weighted by Gasteiger charge is 2.06. The normalized spacial score (nSPS) is 11.2. The van der Waals surface area contributed by atoms with E-state index >= 15 is 0 Å². The van der Waals surface area contributed by atoms with E-state index < -0.39 is 0 Å². The standard InChI is InChI=1S/C22H28N2/c1-15-11-17(3)21(18(4)12-15)23-8-6-9-24-10-7-20-14-16(2)13-19(5)22(20)24/h7,10-14,23H,6,8-9H2,1-5H3. The van der Waals surface area contributed by atoms with Gasteiger partial charge in [0, 0.05) is 30.4 Å². The van der Waals surface area contributed by atoms with Crippen LogP contribution < -0.4 is 5.32 Å². The van der Waals surface area contributed by atoms with E-state index in [4.69, 9.17) is 0 Å². The molecule has 24 heavy (non-hydrogen) atoms. The Morgan fingerprint density at radius 1 is 0.833 bits per heavy atom. The molecule has 0 saturated carbocycles. The molecule has 0 radical (unpaired) electrons. The summed E-state index contributed by atoms with van der Waals surface area (Å²) in [4.78, 5) is 0. The van der Waals surface area contributed by atoms with Crippen molar-refractivity contribution in [1.82, 2.24) is 4.57 Å². The van der Waals surface area contributed by atoms with Crippen molar-refractivity contribution in [2.24, 2.45) is 0 Å². The smallest absolute Gasteiger partial charge is 0.0510 e. The lowest BCUT2D eigenvalue weighted by molar-refractivity contribution is 0.681.